The van der Waals surface area contributed by atoms with Gasteiger partial charge in [-0.2, -0.15) is 0 Å². The molecule has 0 bridgehead atoms. The highest BCUT2D eigenvalue weighted by atomic mass is 35.5. The summed E-state index contributed by atoms with van der Waals surface area (Å²) in [4.78, 5) is 0. The molecule has 0 saturated heterocycles. The van der Waals surface area contributed by atoms with Gasteiger partial charge in [0.15, 0.2) is 5.76 Å². The normalized spacial score (nSPS) is 10.8. The molecule has 1 heterocycles. The third kappa shape index (κ3) is 3.10. The van der Waals surface area contributed by atoms with Crippen LogP contribution in [0.15, 0.2) is 34.7 Å². The summed E-state index contributed by atoms with van der Waals surface area (Å²) in [6.07, 6.45) is 0. The Morgan fingerprint density at radius 3 is 2.83 bits per heavy atom. The number of halogens is 2. The molecule has 0 spiro atoms. The fraction of sp³-hybridized carbons (Fsp3) is 0.231. The zero-order chi connectivity index (χ0) is 13.0. The van der Waals surface area contributed by atoms with Crippen molar-refractivity contribution in [3.8, 4) is 11.3 Å². The van der Waals surface area contributed by atoms with Crippen molar-refractivity contribution in [3.05, 3.63) is 46.9 Å². The van der Waals surface area contributed by atoms with Gasteiger partial charge in [-0.1, -0.05) is 11.6 Å². The molecule has 1 aromatic heterocycles. The van der Waals surface area contributed by atoms with Crippen LogP contribution in [0.3, 0.4) is 0 Å². The number of nitrogens with two attached hydrogens (primary N) is 1. The number of furan rings is 1. The van der Waals surface area contributed by atoms with E-state index in [0.29, 0.717) is 18.8 Å². The predicted molar refractivity (Wildman–Crippen MR) is 66.7 cm³/mol. The molecular weight excluding hydrogens is 257 g/mol. The number of aliphatic hydroxyl groups excluding tert-OH is 1. The van der Waals surface area contributed by atoms with Gasteiger partial charge in [0.2, 0.25) is 0 Å². The molecule has 0 unspecified atom stereocenters. The highest BCUT2D eigenvalue weighted by molar-refractivity contribution is 6.31. The van der Waals surface area contributed by atoms with Crippen molar-refractivity contribution in [1.82, 2.24) is 0 Å². The SMILES string of the molecule is OCC[NH2+]Cc1ccc(-c2ccc(F)c(Cl)c2)o1. The topological polar surface area (TPSA) is 50.0 Å². The molecule has 0 saturated carbocycles. The van der Waals surface area contributed by atoms with Crippen LogP contribution in [-0.2, 0) is 6.54 Å². The number of quaternary nitrogens is 1. The summed E-state index contributed by atoms with van der Waals surface area (Å²) in [6, 6.07) is 8.17. The van der Waals surface area contributed by atoms with Gasteiger partial charge < -0.3 is 14.8 Å². The molecule has 0 aliphatic carbocycles. The summed E-state index contributed by atoms with van der Waals surface area (Å²) in [7, 11) is 0. The fourth-order valence-electron chi connectivity index (χ4n) is 1.63. The first-order chi connectivity index (χ1) is 8.70. The first-order valence-corrected chi connectivity index (χ1v) is 6.05. The Morgan fingerprint density at radius 1 is 1.28 bits per heavy atom. The Morgan fingerprint density at radius 2 is 2.11 bits per heavy atom. The van der Waals surface area contributed by atoms with Crippen molar-refractivity contribution in [3.63, 3.8) is 0 Å². The van der Waals surface area contributed by atoms with Crippen LogP contribution in [0.25, 0.3) is 11.3 Å². The van der Waals surface area contributed by atoms with Crippen LogP contribution in [0.1, 0.15) is 5.76 Å². The van der Waals surface area contributed by atoms with Crippen LogP contribution in [0, 0.1) is 5.82 Å². The van der Waals surface area contributed by atoms with E-state index in [0.717, 1.165) is 11.3 Å². The fourth-order valence-corrected chi connectivity index (χ4v) is 1.81. The minimum Gasteiger partial charge on any atom is -0.455 e. The quantitative estimate of drug-likeness (QED) is 0.814. The number of hydrogen-bond donors (Lipinski definition) is 2. The highest BCUT2D eigenvalue weighted by Gasteiger charge is 2.08. The first kappa shape index (κ1) is 13.1. The average Bonchev–Trinajstić information content (AvgIpc) is 2.82. The van der Waals surface area contributed by atoms with Crippen LogP contribution in [0.4, 0.5) is 4.39 Å². The summed E-state index contributed by atoms with van der Waals surface area (Å²) in [5.41, 5.74) is 0.745. The molecule has 5 heteroatoms. The lowest BCUT2D eigenvalue weighted by molar-refractivity contribution is -0.673. The molecule has 96 valence electrons. The summed E-state index contributed by atoms with van der Waals surface area (Å²) >= 11 is 5.72. The predicted octanol–water partition coefficient (Wildman–Crippen LogP) is 1.79. The van der Waals surface area contributed by atoms with Gasteiger partial charge in [0.1, 0.15) is 18.1 Å². The van der Waals surface area contributed by atoms with Crippen LogP contribution in [0.2, 0.25) is 5.02 Å². The van der Waals surface area contributed by atoms with Crippen molar-refractivity contribution >= 4 is 11.6 Å². The smallest absolute Gasteiger partial charge is 0.158 e. The highest BCUT2D eigenvalue weighted by Crippen LogP contribution is 2.26. The number of benzene rings is 1. The molecule has 2 aromatic rings. The molecule has 0 radical (unpaired) electrons. The third-order valence-corrected chi connectivity index (χ3v) is 2.83. The number of rotatable bonds is 5. The monoisotopic (exact) mass is 270 g/mol. The first-order valence-electron chi connectivity index (χ1n) is 5.67. The van der Waals surface area contributed by atoms with Gasteiger partial charge in [0.25, 0.3) is 0 Å². The minimum absolute atomic E-state index is 0.0808. The van der Waals surface area contributed by atoms with E-state index >= 15 is 0 Å². The molecular formula is C13H14ClFNO2+. The van der Waals surface area contributed by atoms with E-state index in [1.807, 2.05) is 17.4 Å². The Bertz CT molecular complexity index is 527. The molecule has 0 atom stereocenters. The molecule has 0 aliphatic heterocycles. The number of aliphatic hydroxyl groups is 1. The van der Waals surface area contributed by atoms with Crippen LogP contribution in [-0.4, -0.2) is 18.3 Å². The van der Waals surface area contributed by atoms with Crippen molar-refractivity contribution in [2.45, 2.75) is 6.54 Å². The lowest BCUT2D eigenvalue weighted by Gasteiger charge is -1.99. The summed E-state index contributed by atoms with van der Waals surface area (Å²) < 4.78 is 18.7. The molecule has 0 amide bonds. The van der Waals surface area contributed by atoms with Gasteiger partial charge in [0.05, 0.1) is 18.2 Å². The van der Waals surface area contributed by atoms with E-state index in [2.05, 4.69) is 0 Å². The maximum absolute atomic E-state index is 13.0. The zero-order valence-corrected chi connectivity index (χ0v) is 10.5. The second-order valence-corrected chi connectivity index (χ2v) is 4.31. The van der Waals surface area contributed by atoms with E-state index in [4.69, 9.17) is 21.1 Å². The second-order valence-electron chi connectivity index (χ2n) is 3.90. The van der Waals surface area contributed by atoms with E-state index < -0.39 is 5.82 Å². The Hall–Kier alpha value is -1.36. The molecule has 0 fully saturated rings. The summed E-state index contributed by atoms with van der Waals surface area (Å²) in [5, 5.41) is 10.7. The van der Waals surface area contributed by atoms with Crippen LogP contribution < -0.4 is 5.32 Å². The molecule has 18 heavy (non-hydrogen) atoms. The van der Waals surface area contributed by atoms with Gasteiger partial charge in [0, 0.05) is 5.56 Å². The van der Waals surface area contributed by atoms with Gasteiger partial charge in [-0.15, -0.1) is 0 Å². The summed E-state index contributed by atoms with van der Waals surface area (Å²) in [6.45, 7) is 1.44. The van der Waals surface area contributed by atoms with Crippen LogP contribution >= 0.6 is 11.6 Å². The van der Waals surface area contributed by atoms with E-state index in [1.54, 1.807) is 6.07 Å². The molecule has 2 rings (SSSR count). The largest absolute Gasteiger partial charge is 0.455 e. The maximum Gasteiger partial charge on any atom is 0.158 e. The van der Waals surface area contributed by atoms with E-state index in [9.17, 15) is 4.39 Å². The van der Waals surface area contributed by atoms with Gasteiger partial charge in [-0.25, -0.2) is 4.39 Å². The van der Waals surface area contributed by atoms with Crippen molar-refractivity contribution in [2.24, 2.45) is 0 Å². The van der Waals surface area contributed by atoms with Gasteiger partial charge in [-0.3, -0.25) is 0 Å². The molecule has 3 N–H and O–H groups in total. The Labute approximate surface area is 109 Å². The Kier molecular flexibility index (Phi) is 4.36. The van der Waals surface area contributed by atoms with Gasteiger partial charge >= 0.3 is 0 Å². The number of hydrogen-bond acceptors (Lipinski definition) is 2. The van der Waals surface area contributed by atoms with Crippen LogP contribution in [0.5, 0.6) is 0 Å². The molecule has 3 nitrogen and oxygen atoms in total. The Balaban J connectivity index is 2.11. The van der Waals surface area contributed by atoms with Crippen molar-refractivity contribution in [1.29, 1.82) is 0 Å². The summed E-state index contributed by atoms with van der Waals surface area (Å²) in [5.74, 6) is 1.02. The average molecular weight is 271 g/mol. The lowest BCUT2D eigenvalue weighted by Crippen LogP contribution is -2.83. The third-order valence-electron chi connectivity index (χ3n) is 2.54. The molecule has 0 aliphatic rings. The van der Waals surface area contributed by atoms with E-state index in [-0.39, 0.29) is 11.6 Å². The van der Waals surface area contributed by atoms with Crippen molar-refractivity contribution < 1.29 is 19.2 Å². The molecule has 1 aromatic carbocycles. The van der Waals surface area contributed by atoms with Crippen molar-refractivity contribution in [2.75, 3.05) is 13.2 Å². The van der Waals surface area contributed by atoms with Gasteiger partial charge in [-0.05, 0) is 30.3 Å². The minimum atomic E-state index is -0.441. The second kappa shape index (κ2) is 6.00. The maximum atomic E-state index is 13.0. The van der Waals surface area contributed by atoms with E-state index in [1.165, 1.54) is 12.1 Å². The zero-order valence-electron chi connectivity index (χ0n) is 9.70. The standard InChI is InChI=1S/C13H13ClFNO2/c14-11-7-9(1-3-12(11)15)13-4-2-10(18-13)8-16-5-6-17/h1-4,7,16-17H,5-6,8H2/p+1. The lowest BCUT2D eigenvalue weighted by atomic mass is 10.2.